The van der Waals surface area contributed by atoms with Crippen LogP contribution in [0.2, 0.25) is 0 Å². The third kappa shape index (κ3) is 4.20. The quantitative estimate of drug-likeness (QED) is 0.825. The van der Waals surface area contributed by atoms with Crippen molar-refractivity contribution in [3.63, 3.8) is 0 Å². The predicted octanol–water partition coefficient (Wildman–Crippen LogP) is 2.02. The molecule has 6 nitrogen and oxygen atoms in total. The van der Waals surface area contributed by atoms with Crippen molar-refractivity contribution in [2.24, 2.45) is 5.73 Å². The van der Waals surface area contributed by atoms with Crippen molar-refractivity contribution < 1.29 is 19.0 Å². The second-order valence-electron chi connectivity index (χ2n) is 5.58. The van der Waals surface area contributed by atoms with E-state index in [0.29, 0.717) is 23.8 Å². The fourth-order valence-corrected chi connectivity index (χ4v) is 2.83. The molecule has 2 rings (SSSR count). The third-order valence-electron chi connectivity index (χ3n) is 4.13. The lowest BCUT2D eigenvalue weighted by Crippen LogP contribution is -2.51. The van der Waals surface area contributed by atoms with E-state index in [1.807, 2.05) is 12.1 Å². The molecular weight excluding hydrogens is 320 g/mol. The average Bonchev–Trinajstić information content (AvgIpc) is 2.99. The molecule has 0 heterocycles. The van der Waals surface area contributed by atoms with E-state index < -0.39 is 5.54 Å². The Labute approximate surface area is 143 Å². The second kappa shape index (κ2) is 8.26. The Morgan fingerprint density at radius 3 is 2.09 bits per heavy atom. The number of ether oxygens (including phenoxy) is 3. The van der Waals surface area contributed by atoms with Gasteiger partial charge in [-0.05, 0) is 30.5 Å². The van der Waals surface area contributed by atoms with Crippen LogP contribution < -0.4 is 25.3 Å². The Morgan fingerprint density at radius 2 is 1.65 bits per heavy atom. The molecule has 1 saturated carbocycles. The van der Waals surface area contributed by atoms with Gasteiger partial charge in [-0.1, -0.05) is 12.8 Å². The molecule has 23 heavy (non-hydrogen) atoms. The summed E-state index contributed by atoms with van der Waals surface area (Å²) in [5, 5.41) is 2.91. The first-order valence-electron chi connectivity index (χ1n) is 7.40. The molecule has 0 aliphatic heterocycles. The van der Waals surface area contributed by atoms with Crippen molar-refractivity contribution in [3.8, 4) is 17.2 Å². The minimum absolute atomic E-state index is 0. The van der Waals surface area contributed by atoms with Gasteiger partial charge in [-0.2, -0.15) is 0 Å². The van der Waals surface area contributed by atoms with Crippen molar-refractivity contribution in [2.75, 3.05) is 21.3 Å². The van der Waals surface area contributed by atoms with Crippen LogP contribution in [0.15, 0.2) is 12.1 Å². The smallest absolute Gasteiger partial charge is 0.240 e. The lowest BCUT2D eigenvalue weighted by molar-refractivity contribution is -0.126. The minimum Gasteiger partial charge on any atom is -0.493 e. The molecule has 1 fully saturated rings. The number of hydrogen-bond donors (Lipinski definition) is 2. The number of nitrogens with two attached hydrogens (primary N) is 1. The number of carbonyl (C=O) groups is 1. The zero-order chi connectivity index (χ0) is 16.2. The zero-order valence-electron chi connectivity index (χ0n) is 13.8. The number of benzene rings is 1. The van der Waals surface area contributed by atoms with E-state index in [1.165, 1.54) is 0 Å². The first kappa shape index (κ1) is 19.4. The van der Waals surface area contributed by atoms with E-state index in [2.05, 4.69) is 5.32 Å². The van der Waals surface area contributed by atoms with Crippen molar-refractivity contribution in [2.45, 2.75) is 37.8 Å². The molecule has 0 saturated heterocycles. The number of amides is 1. The van der Waals surface area contributed by atoms with E-state index in [4.69, 9.17) is 19.9 Å². The van der Waals surface area contributed by atoms with Gasteiger partial charge in [-0.3, -0.25) is 4.79 Å². The van der Waals surface area contributed by atoms with Crippen LogP contribution in [-0.4, -0.2) is 32.8 Å². The van der Waals surface area contributed by atoms with Crippen LogP contribution in [0.4, 0.5) is 0 Å². The van der Waals surface area contributed by atoms with E-state index >= 15 is 0 Å². The van der Waals surface area contributed by atoms with Gasteiger partial charge in [-0.15, -0.1) is 12.4 Å². The average molecular weight is 345 g/mol. The van der Waals surface area contributed by atoms with E-state index in [-0.39, 0.29) is 18.3 Å². The van der Waals surface area contributed by atoms with Gasteiger partial charge in [0.1, 0.15) is 0 Å². The minimum atomic E-state index is -0.722. The van der Waals surface area contributed by atoms with Crippen LogP contribution in [-0.2, 0) is 11.3 Å². The SMILES string of the molecule is COc1cc(CNC(=O)C2(N)CCCC2)cc(OC)c1OC.Cl. The standard InChI is InChI=1S/C16H24N2O4.ClH/c1-20-12-8-11(9-13(21-2)14(12)22-3)10-18-15(19)16(17)6-4-5-7-16;/h8-9H,4-7,10,17H2,1-3H3,(H,18,19);1H. The first-order chi connectivity index (χ1) is 10.5. The topological polar surface area (TPSA) is 82.8 Å². The maximum atomic E-state index is 12.2. The molecule has 1 aliphatic rings. The summed E-state index contributed by atoms with van der Waals surface area (Å²) in [5.41, 5.74) is 6.29. The molecule has 7 heteroatoms. The molecule has 0 bridgehead atoms. The Hall–Kier alpha value is -1.66. The highest BCUT2D eigenvalue weighted by molar-refractivity contribution is 5.86. The number of halogens is 1. The molecule has 130 valence electrons. The Balaban J connectivity index is 0.00000264. The molecule has 1 aliphatic carbocycles. The lowest BCUT2D eigenvalue weighted by atomic mass is 9.98. The summed E-state index contributed by atoms with van der Waals surface area (Å²) in [5.74, 6) is 1.56. The molecular formula is C16H25ClN2O4. The van der Waals surface area contributed by atoms with Gasteiger partial charge in [-0.25, -0.2) is 0 Å². The van der Waals surface area contributed by atoms with Crippen LogP contribution >= 0.6 is 12.4 Å². The summed E-state index contributed by atoms with van der Waals surface area (Å²) in [6.07, 6.45) is 3.50. The fraction of sp³-hybridized carbons (Fsp3) is 0.562. The Bertz CT molecular complexity index is 520. The van der Waals surface area contributed by atoms with E-state index in [1.54, 1.807) is 21.3 Å². The summed E-state index contributed by atoms with van der Waals surface area (Å²) < 4.78 is 15.9. The molecule has 0 aromatic heterocycles. The molecule has 0 unspecified atom stereocenters. The molecule has 3 N–H and O–H groups in total. The Morgan fingerprint density at radius 1 is 1.13 bits per heavy atom. The third-order valence-corrected chi connectivity index (χ3v) is 4.13. The monoisotopic (exact) mass is 344 g/mol. The Kier molecular flexibility index (Phi) is 6.97. The number of hydrogen-bond acceptors (Lipinski definition) is 5. The summed E-state index contributed by atoms with van der Waals surface area (Å²) in [6, 6.07) is 3.64. The van der Waals surface area contributed by atoms with Crippen LogP contribution in [0.5, 0.6) is 17.2 Å². The highest BCUT2D eigenvalue weighted by atomic mass is 35.5. The van der Waals surface area contributed by atoms with E-state index in [9.17, 15) is 4.79 Å². The van der Waals surface area contributed by atoms with Gasteiger partial charge < -0.3 is 25.3 Å². The lowest BCUT2D eigenvalue weighted by Gasteiger charge is -2.22. The summed E-state index contributed by atoms with van der Waals surface area (Å²) in [7, 11) is 4.68. The van der Waals surface area contributed by atoms with Gasteiger partial charge >= 0.3 is 0 Å². The first-order valence-corrected chi connectivity index (χ1v) is 7.40. The maximum absolute atomic E-state index is 12.2. The number of methoxy groups -OCH3 is 3. The van der Waals surface area contributed by atoms with Gasteiger partial charge in [0.15, 0.2) is 11.5 Å². The summed E-state index contributed by atoms with van der Waals surface area (Å²) in [4.78, 5) is 12.2. The number of rotatable bonds is 6. The highest BCUT2D eigenvalue weighted by Crippen LogP contribution is 2.38. The predicted molar refractivity (Wildman–Crippen MR) is 90.6 cm³/mol. The maximum Gasteiger partial charge on any atom is 0.240 e. The van der Waals surface area contributed by atoms with Crippen LogP contribution in [0.25, 0.3) is 0 Å². The summed E-state index contributed by atoms with van der Waals surface area (Å²) in [6.45, 7) is 0.370. The zero-order valence-corrected chi connectivity index (χ0v) is 14.6. The van der Waals surface area contributed by atoms with Crippen LogP contribution in [0.3, 0.4) is 0 Å². The van der Waals surface area contributed by atoms with E-state index in [0.717, 1.165) is 31.2 Å². The van der Waals surface area contributed by atoms with Crippen molar-refractivity contribution in [3.05, 3.63) is 17.7 Å². The van der Waals surface area contributed by atoms with Crippen molar-refractivity contribution in [1.29, 1.82) is 0 Å². The number of carbonyl (C=O) groups excluding carboxylic acids is 1. The van der Waals surface area contributed by atoms with Gasteiger partial charge in [0.2, 0.25) is 11.7 Å². The highest BCUT2D eigenvalue weighted by Gasteiger charge is 2.36. The van der Waals surface area contributed by atoms with Gasteiger partial charge in [0.25, 0.3) is 0 Å². The van der Waals surface area contributed by atoms with Gasteiger partial charge in [0, 0.05) is 6.54 Å². The molecule has 1 amide bonds. The largest absolute Gasteiger partial charge is 0.493 e. The van der Waals surface area contributed by atoms with Crippen LogP contribution in [0, 0.1) is 0 Å². The molecule has 0 spiro atoms. The summed E-state index contributed by atoms with van der Waals surface area (Å²) >= 11 is 0. The molecule has 1 aromatic rings. The molecule has 0 atom stereocenters. The second-order valence-corrected chi connectivity index (χ2v) is 5.58. The van der Waals surface area contributed by atoms with Gasteiger partial charge in [0.05, 0.1) is 26.9 Å². The molecule has 0 radical (unpaired) electrons. The normalized spacial score (nSPS) is 15.5. The van der Waals surface area contributed by atoms with Crippen LogP contribution in [0.1, 0.15) is 31.2 Å². The fourth-order valence-electron chi connectivity index (χ4n) is 2.83. The van der Waals surface area contributed by atoms with Crippen molar-refractivity contribution in [1.82, 2.24) is 5.32 Å². The van der Waals surface area contributed by atoms with Crippen molar-refractivity contribution >= 4 is 18.3 Å². The molecule has 1 aromatic carbocycles. The number of nitrogens with one attached hydrogen (secondary N) is 1.